The molecule has 0 bridgehead atoms. The number of ether oxygens (including phenoxy) is 2. The van der Waals surface area contributed by atoms with E-state index in [2.05, 4.69) is 5.32 Å². The average molecular weight is 321 g/mol. The number of nitrogens with one attached hydrogen (secondary N) is 1. The van der Waals surface area contributed by atoms with Gasteiger partial charge in [0.2, 0.25) is 12.3 Å². The second-order valence-electron chi connectivity index (χ2n) is 5.27. The molecule has 1 aliphatic heterocycles. The Bertz CT molecular complexity index is 542. The van der Waals surface area contributed by atoms with Crippen LogP contribution in [0.25, 0.3) is 0 Å². The fraction of sp³-hybridized carbons (Fsp3) is 0.500. The number of nitrogens with zero attached hydrogens (tertiary/aromatic N) is 2. The van der Waals surface area contributed by atoms with Crippen molar-refractivity contribution in [2.45, 2.75) is 6.42 Å². The lowest BCUT2D eigenvalue weighted by molar-refractivity contribution is -0.134. The van der Waals surface area contributed by atoms with E-state index in [0.717, 1.165) is 17.8 Å². The number of methoxy groups -OCH3 is 2. The van der Waals surface area contributed by atoms with E-state index in [4.69, 9.17) is 9.47 Å². The minimum atomic E-state index is 0.0879. The molecule has 1 N–H and O–H groups in total. The summed E-state index contributed by atoms with van der Waals surface area (Å²) in [6.45, 7) is 2.91. The van der Waals surface area contributed by atoms with Gasteiger partial charge in [-0.1, -0.05) is 0 Å². The highest BCUT2D eigenvalue weighted by Gasteiger charge is 2.19. The number of piperazine rings is 1. The molecule has 1 aromatic rings. The third-order valence-electron chi connectivity index (χ3n) is 3.88. The molecule has 0 unspecified atom stereocenters. The van der Waals surface area contributed by atoms with Crippen LogP contribution in [0.5, 0.6) is 11.5 Å². The molecule has 1 heterocycles. The highest BCUT2D eigenvalue weighted by molar-refractivity contribution is 5.77. The Morgan fingerprint density at radius 2 is 1.96 bits per heavy atom. The summed E-state index contributed by atoms with van der Waals surface area (Å²) in [6, 6.07) is 5.48. The summed E-state index contributed by atoms with van der Waals surface area (Å²) in [6.07, 6.45) is 1.22. The van der Waals surface area contributed by atoms with E-state index in [1.54, 1.807) is 24.0 Å². The normalized spacial score (nSPS) is 14.3. The molecule has 126 valence electrons. The molecule has 0 aliphatic carbocycles. The van der Waals surface area contributed by atoms with Gasteiger partial charge in [0, 0.05) is 45.2 Å². The number of hydrogen-bond donors (Lipinski definition) is 1. The smallest absolute Gasteiger partial charge is 0.224 e. The van der Waals surface area contributed by atoms with Gasteiger partial charge in [0.05, 0.1) is 19.9 Å². The number of rotatable bonds is 7. The van der Waals surface area contributed by atoms with Crippen LogP contribution < -0.4 is 14.8 Å². The van der Waals surface area contributed by atoms with Gasteiger partial charge in [0.1, 0.15) is 11.5 Å². The van der Waals surface area contributed by atoms with Crippen molar-refractivity contribution in [2.75, 3.05) is 52.3 Å². The predicted molar refractivity (Wildman–Crippen MR) is 86.9 cm³/mol. The maximum atomic E-state index is 12.2. The van der Waals surface area contributed by atoms with Gasteiger partial charge in [-0.2, -0.15) is 0 Å². The number of anilines is 1. The molecule has 7 heteroatoms. The van der Waals surface area contributed by atoms with Crippen molar-refractivity contribution >= 4 is 18.0 Å². The lowest BCUT2D eigenvalue weighted by Crippen LogP contribution is -2.48. The first-order valence-corrected chi connectivity index (χ1v) is 7.61. The van der Waals surface area contributed by atoms with E-state index in [9.17, 15) is 9.59 Å². The average Bonchev–Trinajstić information content (AvgIpc) is 2.61. The summed E-state index contributed by atoms with van der Waals surface area (Å²) in [5.41, 5.74) is 0.797. The third kappa shape index (κ3) is 4.51. The standard InChI is InChI=1S/C16H23N3O4/c1-22-13-3-4-15(23-2)14(11-13)17-6-5-16(21)19-9-7-18(12-20)8-10-19/h3-4,11-12,17H,5-10H2,1-2H3. The number of carbonyl (C=O) groups excluding carboxylic acids is 2. The molecule has 1 aliphatic rings. The third-order valence-corrected chi connectivity index (χ3v) is 3.88. The maximum absolute atomic E-state index is 12.2. The van der Waals surface area contributed by atoms with E-state index < -0.39 is 0 Å². The number of carbonyl (C=O) groups is 2. The summed E-state index contributed by atoms with van der Waals surface area (Å²) in [5, 5.41) is 3.21. The Hall–Kier alpha value is -2.44. The zero-order valence-corrected chi connectivity index (χ0v) is 13.6. The van der Waals surface area contributed by atoms with Crippen LogP contribution in [0.3, 0.4) is 0 Å². The molecule has 0 saturated carbocycles. The summed E-state index contributed by atoms with van der Waals surface area (Å²) in [7, 11) is 3.21. The molecule has 23 heavy (non-hydrogen) atoms. The summed E-state index contributed by atoms with van der Waals surface area (Å²) in [5.74, 6) is 1.52. The summed E-state index contributed by atoms with van der Waals surface area (Å²) >= 11 is 0. The maximum Gasteiger partial charge on any atom is 0.224 e. The minimum absolute atomic E-state index is 0.0879. The minimum Gasteiger partial charge on any atom is -0.497 e. The molecule has 0 aromatic heterocycles. The van der Waals surface area contributed by atoms with Gasteiger partial charge in [-0.15, -0.1) is 0 Å². The van der Waals surface area contributed by atoms with Gasteiger partial charge in [-0.25, -0.2) is 0 Å². The predicted octanol–water partition coefficient (Wildman–Crippen LogP) is 0.806. The molecule has 1 saturated heterocycles. The molecule has 1 fully saturated rings. The lowest BCUT2D eigenvalue weighted by Gasteiger charge is -2.32. The molecule has 0 spiro atoms. The van der Waals surface area contributed by atoms with E-state index >= 15 is 0 Å². The van der Waals surface area contributed by atoms with Crippen LogP contribution in [-0.2, 0) is 9.59 Å². The SMILES string of the molecule is COc1ccc(OC)c(NCCC(=O)N2CCN(C=O)CC2)c1. The Labute approximate surface area is 136 Å². The van der Waals surface area contributed by atoms with E-state index in [1.807, 2.05) is 18.2 Å². The Morgan fingerprint density at radius 3 is 2.57 bits per heavy atom. The van der Waals surface area contributed by atoms with Gasteiger partial charge in [0.15, 0.2) is 0 Å². The largest absolute Gasteiger partial charge is 0.497 e. The molecule has 2 amide bonds. The first kappa shape index (κ1) is 16.9. The molecule has 2 rings (SSSR count). The topological polar surface area (TPSA) is 71.1 Å². The van der Waals surface area contributed by atoms with Crippen molar-refractivity contribution in [3.05, 3.63) is 18.2 Å². The molecule has 7 nitrogen and oxygen atoms in total. The van der Waals surface area contributed by atoms with Crippen molar-refractivity contribution in [1.29, 1.82) is 0 Å². The van der Waals surface area contributed by atoms with E-state index in [1.165, 1.54) is 0 Å². The van der Waals surface area contributed by atoms with Gasteiger partial charge < -0.3 is 24.6 Å². The van der Waals surface area contributed by atoms with E-state index in [0.29, 0.717) is 44.9 Å². The Balaban J connectivity index is 1.82. The highest BCUT2D eigenvalue weighted by atomic mass is 16.5. The highest BCUT2D eigenvalue weighted by Crippen LogP contribution is 2.28. The number of benzene rings is 1. The molecule has 0 atom stereocenters. The first-order chi connectivity index (χ1) is 11.2. The van der Waals surface area contributed by atoms with Crippen molar-refractivity contribution in [1.82, 2.24) is 9.80 Å². The fourth-order valence-electron chi connectivity index (χ4n) is 2.49. The second kappa shape index (κ2) is 8.26. The molecular formula is C16H23N3O4. The Kier molecular flexibility index (Phi) is 6.08. The van der Waals surface area contributed by atoms with Gasteiger partial charge in [-0.3, -0.25) is 9.59 Å². The number of amides is 2. The van der Waals surface area contributed by atoms with Crippen LogP contribution >= 0.6 is 0 Å². The van der Waals surface area contributed by atoms with Crippen LogP contribution in [0.15, 0.2) is 18.2 Å². The van der Waals surface area contributed by atoms with Crippen LogP contribution in [0.4, 0.5) is 5.69 Å². The van der Waals surface area contributed by atoms with Crippen molar-refractivity contribution in [3.63, 3.8) is 0 Å². The van der Waals surface area contributed by atoms with Crippen LogP contribution in [0, 0.1) is 0 Å². The van der Waals surface area contributed by atoms with Crippen LogP contribution in [0.2, 0.25) is 0 Å². The van der Waals surface area contributed by atoms with Crippen molar-refractivity contribution in [2.24, 2.45) is 0 Å². The lowest BCUT2D eigenvalue weighted by atomic mass is 10.2. The summed E-state index contributed by atoms with van der Waals surface area (Å²) < 4.78 is 10.5. The van der Waals surface area contributed by atoms with Crippen LogP contribution in [-0.4, -0.2) is 69.1 Å². The summed E-state index contributed by atoms with van der Waals surface area (Å²) in [4.78, 5) is 26.3. The second-order valence-corrected chi connectivity index (χ2v) is 5.27. The first-order valence-electron chi connectivity index (χ1n) is 7.61. The number of hydrogen-bond acceptors (Lipinski definition) is 5. The molecular weight excluding hydrogens is 298 g/mol. The van der Waals surface area contributed by atoms with Gasteiger partial charge >= 0.3 is 0 Å². The Morgan fingerprint density at radius 1 is 1.22 bits per heavy atom. The zero-order chi connectivity index (χ0) is 16.7. The molecule has 1 aromatic carbocycles. The fourth-order valence-corrected chi connectivity index (χ4v) is 2.49. The van der Waals surface area contributed by atoms with E-state index in [-0.39, 0.29) is 5.91 Å². The van der Waals surface area contributed by atoms with Crippen LogP contribution in [0.1, 0.15) is 6.42 Å². The van der Waals surface area contributed by atoms with Gasteiger partial charge in [0.25, 0.3) is 0 Å². The van der Waals surface area contributed by atoms with Crippen molar-refractivity contribution in [3.8, 4) is 11.5 Å². The quantitative estimate of drug-likeness (QED) is 0.753. The monoisotopic (exact) mass is 321 g/mol. The zero-order valence-electron chi connectivity index (χ0n) is 13.6. The van der Waals surface area contributed by atoms with Crippen molar-refractivity contribution < 1.29 is 19.1 Å². The molecule has 0 radical (unpaired) electrons. The van der Waals surface area contributed by atoms with Gasteiger partial charge in [-0.05, 0) is 12.1 Å².